The summed E-state index contributed by atoms with van der Waals surface area (Å²) in [5, 5.41) is 13.2. The van der Waals surface area contributed by atoms with Crippen molar-refractivity contribution in [2.45, 2.75) is 19.4 Å². The molecule has 2 atom stereocenters. The molecule has 1 saturated carbocycles. The zero-order chi connectivity index (χ0) is 13.6. The summed E-state index contributed by atoms with van der Waals surface area (Å²) in [6.45, 7) is 1.74. The number of amides is 1. The predicted octanol–water partition coefficient (Wildman–Crippen LogP) is 1.74. The molecule has 0 aliphatic heterocycles. The van der Waals surface area contributed by atoms with Gasteiger partial charge in [-0.15, -0.1) is 0 Å². The Labute approximate surface area is 107 Å². The highest BCUT2D eigenvalue weighted by molar-refractivity contribution is 5.96. The van der Waals surface area contributed by atoms with Gasteiger partial charge in [-0.2, -0.15) is 0 Å². The van der Waals surface area contributed by atoms with E-state index in [1.165, 1.54) is 0 Å². The molecule has 7 heteroatoms. The molecule has 19 heavy (non-hydrogen) atoms. The van der Waals surface area contributed by atoms with E-state index in [0.717, 1.165) is 0 Å². The lowest BCUT2D eigenvalue weighted by Gasteiger charge is -2.02. The van der Waals surface area contributed by atoms with Crippen LogP contribution < -0.4 is 5.32 Å². The number of oxazole rings is 1. The van der Waals surface area contributed by atoms with E-state index in [0.29, 0.717) is 29.1 Å². The minimum absolute atomic E-state index is 0.310. The molecule has 98 valence electrons. The molecule has 0 spiro atoms. The number of nitro groups is 1. The first-order valence-electron chi connectivity index (χ1n) is 5.86. The third-order valence-corrected chi connectivity index (χ3v) is 3.13. The van der Waals surface area contributed by atoms with Crippen molar-refractivity contribution in [3.8, 4) is 0 Å². The maximum absolute atomic E-state index is 11.8. The normalized spacial score (nSPS) is 21.3. The van der Waals surface area contributed by atoms with Gasteiger partial charge >= 0.3 is 0 Å². The van der Waals surface area contributed by atoms with Gasteiger partial charge < -0.3 is 9.73 Å². The van der Waals surface area contributed by atoms with E-state index in [9.17, 15) is 14.9 Å². The highest BCUT2D eigenvalue weighted by Gasteiger charge is 2.53. The van der Waals surface area contributed by atoms with Gasteiger partial charge in [0.25, 0.3) is 0 Å². The van der Waals surface area contributed by atoms with Crippen molar-refractivity contribution in [2.24, 2.45) is 5.92 Å². The van der Waals surface area contributed by atoms with E-state index < -0.39 is 16.9 Å². The largest absolute Gasteiger partial charge is 0.441 e. The molecule has 0 radical (unpaired) electrons. The lowest BCUT2D eigenvalue weighted by Crippen LogP contribution is -2.18. The second-order valence-electron chi connectivity index (χ2n) is 4.60. The zero-order valence-corrected chi connectivity index (χ0v) is 10.1. The van der Waals surface area contributed by atoms with Gasteiger partial charge in [-0.1, -0.05) is 0 Å². The van der Waals surface area contributed by atoms with Crippen LogP contribution in [-0.2, 0) is 4.79 Å². The molecule has 1 aliphatic carbocycles. The second kappa shape index (κ2) is 4.04. The van der Waals surface area contributed by atoms with Crippen LogP contribution in [0.1, 0.15) is 12.3 Å². The Balaban J connectivity index is 1.75. The summed E-state index contributed by atoms with van der Waals surface area (Å²) in [4.78, 5) is 26.0. The third-order valence-electron chi connectivity index (χ3n) is 3.13. The van der Waals surface area contributed by atoms with E-state index in [4.69, 9.17) is 4.42 Å². The summed E-state index contributed by atoms with van der Waals surface area (Å²) in [6.07, 6.45) is 0.310. The predicted molar refractivity (Wildman–Crippen MR) is 66.3 cm³/mol. The average molecular weight is 261 g/mol. The van der Waals surface area contributed by atoms with Crippen LogP contribution in [-0.4, -0.2) is 21.9 Å². The maximum atomic E-state index is 11.8. The van der Waals surface area contributed by atoms with Crippen LogP contribution >= 0.6 is 0 Å². The SMILES string of the molecule is Cc1nc2cc(NC(=O)[C@H]3C[C@@H]3[N+](=O)[O-])ccc2o1. The van der Waals surface area contributed by atoms with Crippen molar-refractivity contribution in [1.82, 2.24) is 4.98 Å². The average Bonchev–Trinajstić information content (AvgIpc) is 3.06. The molecule has 2 aromatic rings. The molecular weight excluding hydrogens is 250 g/mol. The molecule has 1 aromatic carbocycles. The van der Waals surface area contributed by atoms with E-state index in [2.05, 4.69) is 10.3 Å². The van der Waals surface area contributed by atoms with Crippen molar-refractivity contribution >= 4 is 22.7 Å². The number of carbonyl (C=O) groups is 1. The molecule has 1 heterocycles. The standard InChI is InChI=1S/C12H11N3O4/c1-6-13-9-4-7(2-3-11(9)19-6)14-12(16)8-5-10(8)15(17)18/h2-4,8,10H,5H2,1H3,(H,14,16)/t8-,10-/m0/s1. The van der Waals surface area contributed by atoms with Crippen LogP contribution in [0, 0.1) is 23.0 Å². The molecule has 0 saturated heterocycles. The first-order chi connectivity index (χ1) is 9.04. The number of benzene rings is 1. The fraction of sp³-hybridized carbons (Fsp3) is 0.333. The number of hydrogen-bond donors (Lipinski definition) is 1. The molecule has 0 unspecified atom stereocenters. The van der Waals surface area contributed by atoms with Gasteiger partial charge in [-0.25, -0.2) is 4.98 Å². The van der Waals surface area contributed by atoms with Gasteiger partial charge in [0.2, 0.25) is 11.9 Å². The second-order valence-corrected chi connectivity index (χ2v) is 4.60. The van der Waals surface area contributed by atoms with Gasteiger partial charge in [0.05, 0.1) is 0 Å². The number of carbonyl (C=O) groups excluding carboxylic acids is 1. The van der Waals surface area contributed by atoms with Crippen molar-refractivity contribution in [2.75, 3.05) is 5.32 Å². The molecule has 7 nitrogen and oxygen atoms in total. The molecule has 1 amide bonds. The van der Waals surface area contributed by atoms with E-state index in [-0.39, 0.29) is 5.91 Å². The van der Waals surface area contributed by atoms with Crippen LogP contribution in [0.5, 0.6) is 0 Å². The van der Waals surface area contributed by atoms with Crippen molar-refractivity contribution in [3.05, 3.63) is 34.2 Å². The van der Waals surface area contributed by atoms with Crippen LogP contribution in [0.15, 0.2) is 22.6 Å². The third kappa shape index (κ3) is 2.14. The summed E-state index contributed by atoms with van der Waals surface area (Å²) < 4.78 is 5.32. The van der Waals surface area contributed by atoms with Gasteiger partial charge in [0.1, 0.15) is 11.4 Å². The molecule has 1 aliphatic rings. The number of aromatic nitrogens is 1. The minimum atomic E-state index is -0.738. The highest BCUT2D eigenvalue weighted by Crippen LogP contribution is 2.34. The molecule has 1 aromatic heterocycles. The Bertz CT molecular complexity index is 679. The first kappa shape index (κ1) is 11.6. The summed E-state index contributed by atoms with van der Waals surface area (Å²) in [7, 11) is 0. The van der Waals surface area contributed by atoms with Crippen molar-refractivity contribution in [1.29, 1.82) is 0 Å². The van der Waals surface area contributed by atoms with Crippen LogP contribution in [0.25, 0.3) is 11.1 Å². The number of rotatable bonds is 3. The van der Waals surface area contributed by atoms with Crippen LogP contribution in [0.2, 0.25) is 0 Å². The summed E-state index contributed by atoms with van der Waals surface area (Å²) in [5.41, 5.74) is 1.86. The minimum Gasteiger partial charge on any atom is -0.441 e. The number of fused-ring (bicyclic) bond motifs is 1. The molecule has 1 N–H and O–H groups in total. The van der Waals surface area contributed by atoms with E-state index >= 15 is 0 Å². The Morgan fingerprint density at radius 1 is 1.58 bits per heavy atom. The van der Waals surface area contributed by atoms with Crippen molar-refractivity contribution < 1.29 is 14.1 Å². The van der Waals surface area contributed by atoms with Gasteiger partial charge in [0.15, 0.2) is 11.5 Å². The zero-order valence-electron chi connectivity index (χ0n) is 10.1. The monoisotopic (exact) mass is 261 g/mol. The smallest absolute Gasteiger partial charge is 0.234 e. The van der Waals surface area contributed by atoms with Gasteiger partial charge in [-0.05, 0) is 18.2 Å². The summed E-state index contributed by atoms with van der Waals surface area (Å²) in [6, 6.07) is 4.35. The molecule has 1 fully saturated rings. The number of nitrogens with one attached hydrogen (secondary N) is 1. The maximum Gasteiger partial charge on any atom is 0.234 e. The van der Waals surface area contributed by atoms with E-state index in [1.54, 1.807) is 25.1 Å². The first-order valence-corrected chi connectivity index (χ1v) is 5.86. The van der Waals surface area contributed by atoms with Crippen LogP contribution in [0.3, 0.4) is 0 Å². The number of aryl methyl sites for hydroxylation is 1. The Hall–Kier alpha value is -2.44. The summed E-state index contributed by atoms with van der Waals surface area (Å²) in [5.74, 6) is -0.292. The molecule has 3 rings (SSSR count). The number of nitrogens with zero attached hydrogens (tertiary/aromatic N) is 2. The molecule has 0 bridgehead atoms. The topological polar surface area (TPSA) is 98.3 Å². The van der Waals surface area contributed by atoms with E-state index in [1.807, 2.05) is 0 Å². The Morgan fingerprint density at radius 2 is 2.37 bits per heavy atom. The van der Waals surface area contributed by atoms with Gasteiger partial charge in [-0.3, -0.25) is 14.9 Å². The quantitative estimate of drug-likeness (QED) is 0.670. The van der Waals surface area contributed by atoms with Gasteiger partial charge in [0, 0.05) is 24.0 Å². The fourth-order valence-electron chi connectivity index (χ4n) is 2.05. The fourth-order valence-corrected chi connectivity index (χ4v) is 2.05. The number of hydrogen-bond acceptors (Lipinski definition) is 5. The lowest BCUT2D eigenvalue weighted by atomic mass is 10.2. The van der Waals surface area contributed by atoms with Crippen LogP contribution in [0.4, 0.5) is 5.69 Å². The summed E-state index contributed by atoms with van der Waals surface area (Å²) >= 11 is 0. The highest BCUT2D eigenvalue weighted by atomic mass is 16.6. The Kier molecular flexibility index (Phi) is 2.48. The lowest BCUT2D eigenvalue weighted by molar-refractivity contribution is -0.497. The Morgan fingerprint density at radius 3 is 3.05 bits per heavy atom. The van der Waals surface area contributed by atoms with Crippen molar-refractivity contribution in [3.63, 3.8) is 0 Å². The molecular formula is C12H11N3O4. The number of anilines is 1.